The maximum atomic E-state index is 11.9. The molecule has 0 unspecified atom stereocenters. The third-order valence-electron chi connectivity index (χ3n) is 5.18. The molecule has 0 radical (unpaired) electrons. The first-order valence-electron chi connectivity index (χ1n) is 10.1. The molecular weight excluding hydrogens is 378 g/mol. The highest BCUT2D eigenvalue weighted by Crippen LogP contribution is 2.27. The number of rotatable bonds is 5. The molecule has 3 N–H and O–H groups in total. The SMILES string of the molecule is CNC(=O)c1cccc(Nc2nc(-c3ccccc3)cc(N3CCC(O)CC3)n2)c1. The van der Waals surface area contributed by atoms with Gasteiger partial charge in [0.2, 0.25) is 5.95 Å². The van der Waals surface area contributed by atoms with E-state index in [1.165, 1.54) is 0 Å². The van der Waals surface area contributed by atoms with E-state index in [0.29, 0.717) is 11.5 Å². The van der Waals surface area contributed by atoms with Gasteiger partial charge in [0.15, 0.2) is 0 Å². The van der Waals surface area contributed by atoms with E-state index in [4.69, 9.17) is 9.97 Å². The van der Waals surface area contributed by atoms with Crippen molar-refractivity contribution in [1.29, 1.82) is 0 Å². The molecule has 1 aromatic heterocycles. The Morgan fingerprint density at radius 1 is 1.03 bits per heavy atom. The summed E-state index contributed by atoms with van der Waals surface area (Å²) in [4.78, 5) is 23.5. The molecule has 154 valence electrons. The van der Waals surface area contributed by atoms with E-state index in [1.807, 2.05) is 48.5 Å². The third kappa shape index (κ3) is 4.58. The molecule has 3 aromatic rings. The Morgan fingerprint density at radius 2 is 1.80 bits per heavy atom. The van der Waals surface area contributed by atoms with Crippen LogP contribution in [0, 0.1) is 0 Å². The molecular formula is C23H25N5O2. The normalized spacial score (nSPS) is 14.4. The first-order valence-corrected chi connectivity index (χ1v) is 10.1. The number of benzene rings is 2. The Morgan fingerprint density at radius 3 is 2.53 bits per heavy atom. The van der Waals surface area contributed by atoms with Crippen LogP contribution in [0.2, 0.25) is 0 Å². The zero-order chi connectivity index (χ0) is 20.9. The Balaban J connectivity index is 1.68. The summed E-state index contributed by atoms with van der Waals surface area (Å²) in [6.07, 6.45) is 1.20. The van der Waals surface area contributed by atoms with Gasteiger partial charge in [-0.25, -0.2) is 4.98 Å². The van der Waals surface area contributed by atoms with Gasteiger partial charge in [-0.05, 0) is 31.0 Å². The first-order chi connectivity index (χ1) is 14.6. The smallest absolute Gasteiger partial charge is 0.251 e. The summed E-state index contributed by atoms with van der Waals surface area (Å²) in [5.41, 5.74) is 3.12. The number of aliphatic hydroxyl groups is 1. The van der Waals surface area contributed by atoms with Crippen molar-refractivity contribution in [3.05, 3.63) is 66.2 Å². The first kappa shape index (κ1) is 19.8. The number of carbonyl (C=O) groups excluding carboxylic acids is 1. The molecule has 1 aliphatic rings. The molecule has 1 fully saturated rings. The van der Waals surface area contributed by atoms with Crippen molar-refractivity contribution in [2.45, 2.75) is 18.9 Å². The van der Waals surface area contributed by atoms with Crippen molar-refractivity contribution in [2.24, 2.45) is 0 Å². The van der Waals surface area contributed by atoms with Gasteiger partial charge in [-0.15, -0.1) is 0 Å². The molecule has 0 spiro atoms. The number of aliphatic hydroxyl groups excluding tert-OH is 1. The Bertz CT molecular complexity index is 1020. The molecule has 1 aliphatic heterocycles. The van der Waals surface area contributed by atoms with Gasteiger partial charge in [-0.2, -0.15) is 4.98 Å². The van der Waals surface area contributed by atoms with Gasteiger partial charge in [-0.1, -0.05) is 36.4 Å². The summed E-state index contributed by atoms with van der Waals surface area (Å²) in [5.74, 6) is 1.14. The Kier molecular flexibility index (Phi) is 5.90. The largest absolute Gasteiger partial charge is 0.393 e. The number of piperidine rings is 1. The van der Waals surface area contributed by atoms with E-state index in [0.717, 1.165) is 48.7 Å². The van der Waals surface area contributed by atoms with Crippen molar-refractivity contribution >= 4 is 23.4 Å². The predicted octanol–water partition coefficient (Wildman–Crippen LogP) is 3.21. The van der Waals surface area contributed by atoms with Crippen LogP contribution in [0.25, 0.3) is 11.3 Å². The molecule has 2 heterocycles. The molecule has 0 saturated carbocycles. The fourth-order valence-corrected chi connectivity index (χ4v) is 3.52. The number of nitrogens with zero attached hydrogens (tertiary/aromatic N) is 3. The van der Waals surface area contributed by atoms with Crippen molar-refractivity contribution < 1.29 is 9.90 Å². The van der Waals surface area contributed by atoms with Crippen LogP contribution in [0.5, 0.6) is 0 Å². The van der Waals surface area contributed by atoms with E-state index < -0.39 is 0 Å². The summed E-state index contributed by atoms with van der Waals surface area (Å²) < 4.78 is 0. The van der Waals surface area contributed by atoms with Gasteiger partial charge < -0.3 is 20.6 Å². The second-order valence-corrected chi connectivity index (χ2v) is 7.30. The van der Waals surface area contributed by atoms with Crippen LogP contribution in [0.3, 0.4) is 0 Å². The van der Waals surface area contributed by atoms with Crippen molar-refractivity contribution in [3.8, 4) is 11.3 Å². The lowest BCUT2D eigenvalue weighted by molar-refractivity contribution is 0.0963. The quantitative estimate of drug-likeness (QED) is 0.606. The van der Waals surface area contributed by atoms with Crippen LogP contribution in [-0.2, 0) is 0 Å². The van der Waals surface area contributed by atoms with Crippen molar-refractivity contribution in [2.75, 3.05) is 30.4 Å². The lowest BCUT2D eigenvalue weighted by Gasteiger charge is -2.30. The van der Waals surface area contributed by atoms with Crippen LogP contribution < -0.4 is 15.5 Å². The number of aromatic nitrogens is 2. The zero-order valence-electron chi connectivity index (χ0n) is 16.9. The molecule has 7 nitrogen and oxygen atoms in total. The van der Waals surface area contributed by atoms with E-state index in [9.17, 15) is 9.90 Å². The van der Waals surface area contributed by atoms with Crippen molar-refractivity contribution in [3.63, 3.8) is 0 Å². The summed E-state index contributed by atoms with van der Waals surface area (Å²) in [7, 11) is 1.61. The molecule has 4 rings (SSSR count). The summed E-state index contributed by atoms with van der Waals surface area (Å²) in [6, 6.07) is 19.2. The molecule has 1 amide bonds. The maximum Gasteiger partial charge on any atom is 0.251 e. The van der Waals surface area contributed by atoms with Crippen LogP contribution in [0.1, 0.15) is 23.2 Å². The summed E-state index contributed by atoms with van der Waals surface area (Å²) in [6.45, 7) is 1.50. The van der Waals surface area contributed by atoms with E-state index >= 15 is 0 Å². The lowest BCUT2D eigenvalue weighted by Crippen LogP contribution is -2.36. The molecule has 7 heteroatoms. The topological polar surface area (TPSA) is 90.4 Å². The molecule has 30 heavy (non-hydrogen) atoms. The number of hydrogen-bond donors (Lipinski definition) is 3. The van der Waals surface area contributed by atoms with Crippen LogP contribution in [0.4, 0.5) is 17.5 Å². The van der Waals surface area contributed by atoms with Gasteiger partial charge in [-0.3, -0.25) is 4.79 Å². The minimum absolute atomic E-state index is 0.148. The van der Waals surface area contributed by atoms with Crippen molar-refractivity contribution in [1.82, 2.24) is 15.3 Å². The van der Waals surface area contributed by atoms with Gasteiger partial charge in [0.1, 0.15) is 5.82 Å². The van der Waals surface area contributed by atoms with Gasteiger partial charge in [0.05, 0.1) is 11.8 Å². The van der Waals surface area contributed by atoms with E-state index in [2.05, 4.69) is 15.5 Å². The predicted molar refractivity (Wildman–Crippen MR) is 118 cm³/mol. The van der Waals surface area contributed by atoms with Crippen LogP contribution in [-0.4, -0.2) is 47.2 Å². The summed E-state index contributed by atoms with van der Waals surface area (Å²) >= 11 is 0. The number of nitrogens with one attached hydrogen (secondary N) is 2. The third-order valence-corrected chi connectivity index (χ3v) is 5.18. The van der Waals surface area contributed by atoms with Gasteiger partial charge >= 0.3 is 0 Å². The average molecular weight is 403 g/mol. The van der Waals surface area contributed by atoms with Gasteiger partial charge in [0.25, 0.3) is 5.91 Å². The standard InChI is InChI=1S/C23H25N5O2/c1-24-22(30)17-8-5-9-18(14-17)25-23-26-20(16-6-3-2-4-7-16)15-21(27-23)28-12-10-19(29)11-13-28/h2-9,14-15,19,29H,10-13H2,1H3,(H,24,30)(H,25,26,27). The fourth-order valence-electron chi connectivity index (χ4n) is 3.52. The van der Waals surface area contributed by atoms with E-state index in [-0.39, 0.29) is 12.0 Å². The Labute approximate surface area is 175 Å². The fraction of sp³-hybridized carbons (Fsp3) is 0.261. The highest BCUT2D eigenvalue weighted by atomic mass is 16.3. The summed E-state index contributed by atoms with van der Waals surface area (Å²) in [5, 5.41) is 15.7. The number of hydrogen-bond acceptors (Lipinski definition) is 6. The van der Waals surface area contributed by atoms with Gasteiger partial charge in [0, 0.05) is 43.0 Å². The molecule has 1 saturated heterocycles. The second kappa shape index (κ2) is 8.92. The second-order valence-electron chi connectivity index (χ2n) is 7.30. The Hall–Kier alpha value is -3.45. The zero-order valence-corrected chi connectivity index (χ0v) is 16.9. The molecule has 0 bridgehead atoms. The molecule has 0 aliphatic carbocycles. The highest BCUT2D eigenvalue weighted by molar-refractivity contribution is 5.95. The molecule has 0 atom stereocenters. The lowest BCUT2D eigenvalue weighted by atomic mass is 10.1. The average Bonchev–Trinajstić information content (AvgIpc) is 2.79. The minimum Gasteiger partial charge on any atom is -0.393 e. The van der Waals surface area contributed by atoms with Crippen LogP contribution in [0.15, 0.2) is 60.7 Å². The van der Waals surface area contributed by atoms with Crippen LogP contribution >= 0.6 is 0 Å². The molecule has 2 aromatic carbocycles. The minimum atomic E-state index is -0.248. The number of carbonyl (C=O) groups is 1. The number of amides is 1. The monoisotopic (exact) mass is 403 g/mol. The highest BCUT2D eigenvalue weighted by Gasteiger charge is 2.20. The number of anilines is 3. The van der Waals surface area contributed by atoms with E-state index in [1.54, 1.807) is 19.2 Å². The maximum absolute atomic E-state index is 11.9.